The summed E-state index contributed by atoms with van der Waals surface area (Å²) in [4.78, 5) is 25.4. The minimum absolute atomic E-state index is 0.0212. The number of amides is 1. The lowest BCUT2D eigenvalue weighted by molar-refractivity contribution is -0.286. The predicted octanol–water partition coefficient (Wildman–Crippen LogP) is 3.51. The van der Waals surface area contributed by atoms with Crippen molar-refractivity contribution in [1.82, 2.24) is 19.2 Å². The molecule has 0 aliphatic carbocycles. The summed E-state index contributed by atoms with van der Waals surface area (Å²) in [6, 6.07) is 11.2. The molecule has 2 aromatic carbocycles. The van der Waals surface area contributed by atoms with Crippen LogP contribution in [0.1, 0.15) is 13.3 Å². The van der Waals surface area contributed by atoms with Crippen LogP contribution in [0.15, 0.2) is 52.4 Å². The molecule has 9 nitrogen and oxygen atoms in total. The topological polar surface area (TPSA) is 99.8 Å². The van der Waals surface area contributed by atoms with Gasteiger partial charge in [-0.05, 0) is 30.7 Å². The Balaban J connectivity index is 1.38. The molecular weight excluding hydrogens is 456 g/mol. The lowest BCUT2D eigenvalue weighted by Gasteiger charge is -2.10. The van der Waals surface area contributed by atoms with Crippen LogP contribution < -0.4 is 20.3 Å². The summed E-state index contributed by atoms with van der Waals surface area (Å²) in [6.45, 7) is 2.45. The second-order valence-corrected chi connectivity index (χ2v) is 8.20. The van der Waals surface area contributed by atoms with E-state index in [1.807, 2.05) is 13.0 Å². The molecule has 0 radical (unpaired) electrons. The Morgan fingerprint density at radius 2 is 1.94 bits per heavy atom. The van der Waals surface area contributed by atoms with Crippen molar-refractivity contribution in [3.05, 3.63) is 52.8 Å². The van der Waals surface area contributed by atoms with E-state index in [2.05, 4.69) is 25.0 Å². The number of nitrogens with zero attached hydrogens (tertiary/aromatic N) is 4. The van der Waals surface area contributed by atoms with Crippen molar-refractivity contribution in [1.29, 1.82) is 0 Å². The summed E-state index contributed by atoms with van der Waals surface area (Å²) in [7, 11) is 0. The molecule has 0 saturated heterocycles. The summed E-state index contributed by atoms with van der Waals surface area (Å²) >= 11 is 1.14. The van der Waals surface area contributed by atoms with Crippen LogP contribution in [0.5, 0.6) is 11.5 Å². The molecule has 1 aliphatic heterocycles. The number of aryl methyl sites for hydroxylation is 1. The van der Waals surface area contributed by atoms with Crippen molar-refractivity contribution in [2.45, 2.75) is 31.3 Å². The average Bonchev–Trinajstić information content (AvgIpc) is 3.34. The first-order valence-electron chi connectivity index (χ1n) is 10.1. The van der Waals surface area contributed by atoms with Crippen LogP contribution in [-0.2, 0) is 11.3 Å². The van der Waals surface area contributed by atoms with Gasteiger partial charge in [-0.3, -0.25) is 18.6 Å². The Kier molecular flexibility index (Phi) is 5.16. The van der Waals surface area contributed by atoms with Gasteiger partial charge in [0.1, 0.15) is 0 Å². The summed E-state index contributed by atoms with van der Waals surface area (Å²) in [5, 5.41) is 12.0. The molecule has 0 atom stereocenters. The number of halogens is 2. The van der Waals surface area contributed by atoms with Crippen LogP contribution in [0.3, 0.4) is 0 Å². The zero-order valence-corrected chi connectivity index (χ0v) is 18.1. The number of thioether (sulfide) groups is 1. The molecule has 2 aromatic heterocycles. The number of carbonyl (C=O) groups excluding carboxylic acids is 1. The lowest BCUT2D eigenvalue weighted by atomic mass is 10.2. The minimum Gasteiger partial charge on any atom is -0.395 e. The monoisotopic (exact) mass is 473 g/mol. The van der Waals surface area contributed by atoms with E-state index in [9.17, 15) is 18.4 Å². The SMILES string of the molecule is CCCn1c(=O)c2ccccc2n2c(SCC(=O)Nc3ccc4c(c3)OC(F)(F)O4)nnc12. The van der Waals surface area contributed by atoms with Crippen LogP contribution >= 0.6 is 11.8 Å². The van der Waals surface area contributed by atoms with Gasteiger partial charge in [0.15, 0.2) is 16.7 Å². The van der Waals surface area contributed by atoms with Crippen molar-refractivity contribution in [2.24, 2.45) is 0 Å². The Labute approximate surface area is 189 Å². The third-order valence-electron chi connectivity index (χ3n) is 4.94. The fourth-order valence-corrected chi connectivity index (χ4v) is 4.35. The van der Waals surface area contributed by atoms with Crippen LogP contribution in [0.4, 0.5) is 14.5 Å². The van der Waals surface area contributed by atoms with Gasteiger partial charge in [-0.2, -0.15) is 0 Å². The highest BCUT2D eigenvalue weighted by Crippen LogP contribution is 2.42. The maximum absolute atomic E-state index is 13.2. The molecule has 0 fully saturated rings. The van der Waals surface area contributed by atoms with Gasteiger partial charge in [0.25, 0.3) is 5.56 Å². The number of para-hydroxylation sites is 1. The number of anilines is 1. The molecule has 1 amide bonds. The number of benzene rings is 2. The summed E-state index contributed by atoms with van der Waals surface area (Å²) in [5.74, 6) is -0.262. The largest absolute Gasteiger partial charge is 0.586 e. The molecule has 4 aromatic rings. The van der Waals surface area contributed by atoms with Gasteiger partial charge < -0.3 is 14.8 Å². The van der Waals surface area contributed by atoms with Crippen molar-refractivity contribution in [2.75, 3.05) is 11.1 Å². The second-order valence-electron chi connectivity index (χ2n) is 7.26. The number of alkyl halides is 2. The number of hydrogen-bond acceptors (Lipinski definition) is 7. The van der Waals surface area contributed by atoms with E-state index in [4.69, 9.17) is 0 Å². The maximum Gasteiger partial charge on any atom is 0.586 e. The lowest BCUT2D eigenvalue weighted by Crippen LogP contribution is -2.25. The number of hydrogen-bond donors (Lipinski definition) is 1. The van der Waals surface area contributed by atoms with Gasteiger partial charge in [0.05, 0.1) is 16.7 Å². The predicted molar refractivity (Wildman–Crippen MR) is 117 cm³/mol. The van der Waals surface area contributed by atoms with Crippen molar-refractivity contribution in [3.8, 4) is 11.5 Å². The highest BCUT2D eigenvalue weighted by Gasteiger charge is 2.43. The molecule has 1 aliphatic rings. The van der Waals surface area contributed by atoms with E-state index in [0.717, 1.165) is 18.2 Å². The van der Waals surface area contributed by atoms with Crippen molar-refractivity contribution >= 4 is 40.0 Å². The zero-order valence-electron chi connectivity index (χ0n) is 17.2. The van der Waals surface area contributed by atoms with E-state index in [-0.39, 0.29) is 34.4 Å². The van der Waals surface area contributed by atoms with E-state index < -0.39 is 6.29 Å². The highest BCUT2D eigenvalue weighted by atomic mass is 32.2. The third kappa shape index (κ3) is 3.86. The normalized spacial score (nSPS) is 14.2. The summed E-state index contributed by atoms with van der Waals surface area (Å²) < 4.78 is 38.4. The van der Waals surface area contributed by atoms with Crippen molar-refractivity contribution < 1.29 is 23.0 Å². The number of ether oxygens (including phenoxy) is 2. The Morgan fingerprint density at radius 3 is 2.76 bits per heavy atom. The summed E-state index contributed by atoms with van der Waals surface area (Å²) in [6.07, 6.45) is -2.98. The fraction of sp³-hybridized carbons (Fsp3) is 0.238. The Morgan fingerprint density at radius 1 is 1.15 bits per heavy atom. The highest BCUT2D eigenvalue weighted by molar-refractivity contribution is 7.99. The minimum atomic E-state index is -3.73. The first kappa shape index (κ1) is 21.2. The van der Waals surface area contributed by atoms with Gasteiger partial charge >= 0.3 is 6.29 Å². The number of carbonyl (C=O) groups is 1. The van der Waals surface area contributed by atoms with Gasteiger partial charge in [-0.25, -0.2) is 0 Å². The van der Waals surface area contributed by atoms with Crippen molar-refractivity contribution in [3.63, 3.8) is 0 Å². The smallest absolute Gasteiger partial charge is 0.395 e. The molecular formula is C21H17F2N5O4S. The number of rotatable bonds is 6. The molecule has 5 rings (SSSR count). The molecule has 0 spiro atoms. The second kappa shape index (κ2) is 8.03. The number of aromatic nitrogens is 4. The quantitative estimate of drug-likeness (QED) is 0.428. The standard InChI is InChI=1S/C21H17F2N5O4S/c1-2-9-27-18(30)13-5-3-4-6-14(13)28-19(27)25-26-20(28)33-11-17(29)24-12-7-8-15-16(10-12)32-21(22,23)31-15/h3-8,10H,2,9,11H2,1H3,(H,24,29). The number of nitrogens with one attached hydrogen (secondary N) is 1. The first-order valence-corrected chi connectivity index (χ1v) is 11.0. The molecule has 0 bridgehead atoms. The molecule has 33 heavy (non-hydrogen) atoms. The van der Waals surface area contributed by atoms with E-state index in [0.29, 0.717) is 28.4 Å². The van der Waals surface area contributed by atoms with E-state index in [1.165, 1.54) is 18.2 Å². The fourth-order valence-electron chi connectivity index (χ4n) is 3.61. The molecule has 170 valence electrons. The molecule has 12 heteroatoms. The van der Waals surface area contributed by atoms with E-state index in [1.54, 1.807) is 27.2 Å². The molecule has 0 unspecified atom stereocenters. The molecule has 3 heterocycles. The number of fused-ring (bicyclic) bond motifs is 4. The zero-order chi connectivity index (χ0) is 23.2. The van der Waals surface area contributed by atoms with Crippen LogP contribution in [0.25, 0.3) is 16.7 Å². The molecule has 0 saturated carbocycles. The van der Waals surface area contributed by atoms with Crippen LogP contribution in [-0.4, -0.2) is 37.1 Å². The molecule has 1 N–H and O–H groups in total. The van der Waals surface area contributed by atoms with Crippen LogP contribution in [0, 0.1) is 0 Å². The first-order chi connectivity index (χ1) is 15.9. The van der Waals surface area contributed by atoms with Gasteiger partial charge in [-0.1, -0.05) is 30.8 Å². The third-order valence-corrected chi connectivity index (χ3v) is 5.87. The Hall–Kier alpha value is -3.67. The van der Waals surface area contributed by atoms with Gasteiger partial charge in [-0.15, -0.1) is 19.0 Å². The van der Waals surface area contributed by atoms with E-state index >= 15 is 0 Å². The van der Waals surface area contributed by atoms with Crippen LogP contribution in [0.2, 0.25) is 0 Å². The van der Waals surface area contributed by atoms with Gasteiger partial charge in [0.2, 0.25) is 11.7 Å². The Bertz CT molecular complexity index is 1450. The van der Waals surface area contributed by atoms with Gasteiger partial charge in [0, 0.05) is 18.3 Å². The average molecular weight is 473 g/mol. The maximum atomic E-state index is 13.2. The summed E-state index contributed by atoms with van der Waals surface area (Å²) in [5.41, 5.74) is 0.790.